The Bertz CT molecular complexity index is 361. The monoisotopic (exact) mass is 223 g/mol. The van der Waals surface area contributed by atoms with Crippen molar-refractivity contribution in [3.05, 3.63) is 29.6 Å². The van der Waals surface area contributed by atoms with Crippen molar-refractivity contribution in [3.63, 3.8) is 0 Å². The van der Waals surface area contributed by atoms with Crippen LogP contribution < -0.4 is 10.5 Å². The van der Waals surface area contributed by atoms with Crippen LogP contribution in [-0.4, -0.2) is 7.11 Å². The standard InChI is InChI=1S/C13H18FNO/c1-16-12-7-6-10(14)8-11(12)13(15)9-4-2-3-5-9/h6-9,13H,2-5,15H2,1H3/t13-/m0/s1. The third-order valence-electron chi connectivity index (χ3n) is 3.46. The van der Waals surface area contributed by atoms with Gasteiger partial charge in [-0.1, -0.05) is 12.8 Å². The highest BCUT2D eigenvalue weighted by Gasteiger charge is 2.25. The molecule has 2 rings (SSSR count). The van der Waals surface area contributed by atoms with Gasteiger partial charge in [0, 0.05) is 11.6 Å². The molecule has 1 aromatic carbocycles. The van der Waals surface area contributed by atoms with Gasteiger partial charge in [0.25, 0.3) is 0 Å². The fraction of sp³-hybridized carbons (Fsp3) is 0.538. The average molecular weight is 223 g/mol. The van der Waals surface area contributed by atoms with Gasteiger partial charge in [0.15, 0.2) is 0 Å². The number of nitrogens with two attached hydrogens (primary N) is 1. The van der Waals surface area contributed by atoms with E-state index in [-0.39, 0.29) is 11.9 Å². The number of benzene rings is 1. The predicted molar refractivity (Wildman–Crippen MR) is 61.8 cm³/mol. The van der Waals surface area contributed by atoms with Crippen LogP contribution in [0.1, 0.15) is 37.3 Å². The summed E-state index contributed by atoms with van der Waals surface area (Å²) in [5.41, 5.74) is 7.00. The van der Waals surface area contributed by atoms with Crippen LogP contribution in [0.3, 0.4) is 0 Å². The number of halogens is 1. The third kappa shape index (κ3) is 2.19. The minimum atomic E-state index is -0.246. The molecule has 1 aliphatic carbocycles. The Balaban J connectivity index is 2.26. The second kappa shape index (κ2) is 4.83. The first kappa shape index (κ1) is 11.4. The highest BCUT2D eigenvalue weighted by Crippen LogP contribution is 2.37. The molecule has 0 radical (unpaired) electrons. The molecule has 0 bridgehead atoms. The Hall–Kier alpha value is -1.09. The first-order valence-electron chi connectivity index (χ1n) is 5.81. The summed E-state index contributed by atoms with van der Waals surface area (Å²) in [5.74, 6) is 0.917. The van der Waals surface area contributed by atoms with Gasteiger partial charge in [0.05, 0.1) is 7.11 Å². The molecule has 0 saturated heterocycles. The number of methoxy groups -OCH3 is 1. The van der Waals surface area contributed by atoms with Crippen LogP contribution in [0.5, 0.6) is 5.75 Å². The van der Waals surface area contributed by atoms with E-state index in [2.05, 4.69) is 0 Å². The normalized spacial score (nSPS) is 18.7. The zero-order valence-corrected chi connectivity index (χ0v) is 9.58. The molecule has 2 N–H and O–H groups in total. The Morgan fingerprint density at radius 1 is 1.38 bits per heavy atom. The van der Waals surface area contributed by atoms with Gasteiger partial charge in [0.1, 0.15) is 11.6 Å². The van der Waals surface area contributed by atoms with Crippen molar-refractivity contribution in [2.45, 2.75) is 31.7 Å². The lowest BCUT2D eigenvalue weighted by atomic mass is 9.92. The summed E-state index contributed by atoms with van der Waals surface area (Å²) in [7, 11) is 1.60. The lowest BCUT2D eigenvalue weighted by Gasteiger charge is -2.21. The van der Waals surface area contributed by atoms with E-state index in [9.17, 15) is 4.39 Å². The van der Waals surface area contributed by atoms with E-state index in [1.54, 1.807) is 13.2 Å². The molecule has 0 amide bonds. The maximum atomic E-state index is 13.2. The molecule has 1 aromatic rings. The number of ether oxygens (including phenoxy) is 1. The SMILES string of the molecule is COc1ccc(F)cc1[C@@H](N)C1CCCC1. The predicted octanol–water partition coefficient (Wildman–Crippen LogP) is 3.02. The van der Waals surface area contributed by atoms with E-state index in [0.29, 0.717) is 11.7 Å². The second-order valence-corrected chi connectivity index (χ2v) is 4.46. The summed E-state index contributed by atoms with van der Waals surface area (Å²) in [6.45, 7) is 0. The molecule has 1 atom stereocenters. The average Bonchev–Trinajstić information content (AvgIpc) is 2.81. The van der Waals surface area contributed by atoms with Crippen LogP contribution in [0.15, 0.2) is 18.2 Å². The van der Waals surface area contributed by atoms with Crippen molar-refractivity contribution in [1.29, 1.82) is 0 Å². The van der Waals surface area contributed by atoms with E-state index >= 15 is 0 Å². The molecule has 0 spiro atoms. The van der Waals surface area contributed by atoms with Crippen LogP contribution in [0.4, 0.5) is 4.39 Å². The van der Waals surface area contributed by atoms with Gasteiger partial charge in [-0.25, -0.2) is 4.39 Å². The van der Waals surface area contributed by atoms with Crippen LogP contribution in [-0.2, 0) is 0 Å². The summed E-state index contributed by atoms with van der Waals surface area (Å²) < 4.78 is 18.5. The van der Waals surface area contributed by atoms with Crippen LogP contribution in [0, 0.1) is 11.7 Å². The first-order valence-corrected chi connectivity index (χ1v) is 5.81. The number of rotatable bonds is 3. The van der Waals surface area contributed by atoms with Gasteiger partial charge in [0.2, 0.25) is 0 Å². The van der Waals surface area contributed by atoms with Crippen LogP contribution in [0.2, 0.25) is 0 Å². The fourth-order valence-corrected chi connectivity index (χ4v) is 2.54. The molecule has 0 heterocycles. The quantitative estimate of drug-likeness (QED) is 0.854. The van der Waals surface area contributed by atoms with Gasteiger partial charge in [-0.05, 0) is 37.0 Å². The summed E-state index contributed by atoms with van der Waals surface area (Å²) in [6, 6.07) is 4.46. The van der Waals surface area contributed by atoms with E-state index in [1.807, 2.05) is 0 Å². The highest BCUT2D eigenvalue weighted by molar-refractivity contribution is 5.36. The molecule has 2 nitrogen and oxygen atoms in total. The van der Waals surface area contributed by atoms with Gasteiger partial charge in [-0.15, -0.1) is 0 Å². The Morgan fingerprint density at radius 3 is 2.69 bits per heavy atom. The van der Waals surface area contributed by atoms with Crippen LogP contribution in [0.25, 0.3) is 0 Å². The molecular formula is C13H18FNO. The minimum Gasteiger partial charge on any atom is -0.496 e. The zero-order chi connectivity index (χ0) is 11.5. The van der Waals surface area contributed by atoms with Crippen molar-refractivity contribution in [2.24, 2.45) is 11.7 Å². The summed E-state index contributed by atoms with van der Waals surface area (Å²) >= 11 is 0. The topological polar surface area (TPSA) is 35.2 Å². The van der Waals surface area contributed by atoms with Gasteiger partial charge < -0.3 is 10.5 Å². The molecule has 1 aliphatic rings. The minimum absolute atomic E-state index is 0.104. The van der Waals surface area contributed by atoms with Crippen molar-refractivity contribution in [3.8, 4) is 5.75 Å². The van der Waals surface area contributed by atoms with E-state index < -0.39 is 0 Å². The van der Waals surface area contributed by atoms with Crippen LogP contribution >= 0.6 is 0 Å². The largest absolute Gasteiger partial charge is 0.496 e. The zero-order valence-electron chi connectivity index (χ0n) is 9.58. The maximum absolute atomic E-state index is 13.2. The van der Waals surface area contributed by atoms with Gasteiger partial charge in [-0.2, -0.15) is 0 Å². The smallest absolute Gasteiger partial charge is 0.123 e. The van der Waals surface area contributed by atoms with Crippen molar-refractivity contribution in [2.75, 3.05) is 7.11 Å². The molecule has 1 fully saturated rings. The summed E-state index contributed by atoms with van der Waals surface area (Å²) in [4.78, 5) is 0. The van der Waals surface area contributed by atoms with E-state index in [0.717, 1.165) is 18.4 Å². The Labute approximate surface area is 95.6 Å². The summed E-state index contributed by atoms with van der Waals surface area (Å²) in [6.07, 6.45) is 4.74. The Morgan fingerprint density at radius 2 is 2.06 bits per heavy atom. The maximum Gasteiger partial charge on any atom is 0.123 e. The Kier molecular flexibility index (Phi) is 3.44. The molecule has 0 aromatic heterocycles. The lowest BCUT2D eigenvalue weighted by molar-refractivity contribution is 0.383. The molecule has 88 valence electrons. The molecule has 3 heteroatoms. The van der Waals surface area contributed by atoms with E-state index in [1.165, 1.54) is 25.0 Å². The number of hydrogen-bond acceptors (Lipinski definition) is 2. The third-order valence-corrected chi connectivity index (χ3v) is 3.46. The molecular weight excluding hydrogens is 205 g/mol. The van der Waals surface area contributed by atoms with Gasteiger partial charge in [-0.3, -0.25) is 0 Å². The van der Waals surface area contributed by atoms with Crippen molar-refractivity contribution < 1.29 is 9.13 Å². The van der Waals surface area contributed by atoms with Crippen molar-refractivity contribution in [1.82, 2.24) is 0 Å². The molecule has 0 aliphatic heterocycles. The lowest BCUT2D eigenvalue weighted by Crippen LogP contribution is -2.20. The molecule has 1 saturated carbocycles. The van der Waals surface area contributed by atoms with Gasteiger partial charge >= 0.3 is 0 Å². The summed E-state index contributed by atoms with van der Waals surface area (Å²) in [5, 5.41) is 0. The second-order valence-electron chi connectivity index (χ2n) is 4.46. The molecule has 0 unspecified atom stereocenters. The van der Waals surface area contributed by atoms with E-state index in [4.69, 9.17) is 10.5 Å². The highest BCUT2D eigenvalue weighted by atomic mass is 19.1. The number of hydrogen-bond donors (Lipinski definition) is 1. The van der Waals surface area contributed by atoms with Crippen molar-refractivity contribution >= 4 is 0 Å². The molecule has 16 heavy (non-hydrogen) atoms. The fourth-order valence-electron chi connectivity index (χ4n) is 2.54. The first-order chi connectivity index (χ1) is 7.72.